The number of morpholine rings is 1. The van der Waals surface area contributed by atoms with Crippen LogP contribution >= 0.6 is 0 Å². The predicted molar refractivity (Wildman–Crippen MR) is 120 cm³/mol. The number of carbonyl (C=O) groups is 1. The maximum atomic E-state index is 13.4. The van der Waals surface area contributed by atoms with Crippen molar-refractivity contribution in [1.82, 2.24) is 9.47 Å². The van der Waals surface area contributed by atoms with Crippen molar-refractivity contribution in [2.45, 2.75) is 38.6 Å². The Labute approximate surface area is 182 Å². The van der Waals surface area contributed by atoms with Gasteiger partial charge in [0, 0.05) is 48.8 Å². The van der Waals surface area contributed by atoms with E-state index in [0.717, 1.165) is 68.6 Å². The molecule has 1 N–H and O–H groups in total. The molecule has 4 atom stereocenters. The molecule has 1 aliphatic heterocycles. The lowest BCUT2D eigenvalue weighted by Gasteiger charge is -2.31. The second-order valence-electron chi connectivity index (χ2n) is 10.2. The Morgan fingerprint density at radius 1 is 1.03 bits per heavy atom. The topological polar surface area (TPSA) is 63.6 Å². The number of anilines is 1. The van der Waals surface area contributed by atoms with Gasteiger partial charge in [-0.15, -0.1) is 0 Å². The number of carbonyl (C=O) groups excluding carboxylic acids is 1. The zero-order chi connectivity index (χ0) is 21.0. The summed E-state index contributed by atoms with van der Waals surface area (Å²) in [5.74, 6) is 2.23. The largest absolute Gasteiger partial charge is 0.379 e. The van der Waals surface area contributed by atoms with E-state index in [2.05, 4.69) is 10.2 Å². The molecule has 0 unspecified atom stereocenters. The smallest absolute Gasteiger partial charge is 0.258 e. The molecule has 0 radical (unpaired) electrons. The Morgan fingerprint density at radius 3 is 2.58 bits per heavy atom. The summed E-state index contributed by atoms with van der Waals surface area (Å²) in [6.07, 6.45) is 7.77. The first kappa shape index (κ1) is 19.5. The third-order valence-electron chi connectivity index (χ3n) is 8.47. The average molecular weight is 422 g/mol. The summed E-state index contributed by atoms with van der Waals surface area (Å²) in [5, 5.41) is 4.77. The van der Waals surface area contributed by atoms with E-state index in [1.165, 1.54) is 19.3 Å². The summed E-state index contributed by atoms with van der Waals surface area (Å²) >= 11 is 0. The Hall–Kier alpha value is -2.18. The molecule has 4 aliphatic carbocycles. The zero-order valence-electron chi connectivity index (χ0n) is 18.0. The minimum Gasteiger partial charge on any atom is -0.379 e. The molecule has 5 fully saturated rings. The van der Waals surface area contributed by atoms with Gasteiger partial charge in [0.1, 0.15) is 0 Å². The third-order valence-corrected chi connectivity index (χ3v) is 8.47. The highest BCUT2D eigenvalue weighted by atomic mass is 16.5. The number of ether oxygens (including phenoxy) is 1. The number of hydrogen-bond acceptors (Lipinski definition) is 4. The quantitative estimate of drug-likeness (QED) is 0.806. The van der Waals surface area contributed by atoms with Crippen LogP contribution in [0.1, 0.15) is 32.1 Å². The van der Waals surface area contributed by atoms with Crippen molar-refractivity contribution in [3.05, 3.63) is 40.8 Å². The first-order chi connectivity index (χ1) is 15.1. The van der Waals surface area contributed by atoms with Crippen LogP contribution in [0.15, 0.2) is 35.3 Å². The van der Waals surface area contributed by atoms with E-state index in [1.54, 1.807) is 4.57 Å². The van der Waals surface area contributed by atoms with Crippen LogP contribution in [0.3, 0.4) is 0 Å². The molecule has 1 aromatic carbocycles. The van der Waals surface area contributed by atoms with Crippen molar-refractivity contribution >= 4 is 22.4 Å². The maximum absolute atomic E-state index is 13.4. The van der Waals surface area contributed by atoms with Crippen molar-refractivity contribution in [3.8, 4) is 0 Å². The zero-order valence-corrected chi connectivity index (χ0v) is 18.0. The molecule has 6 nitrogen and oxygen atoms in total. The van der Waals surface area contributed by atoms with Crippen LogP contribution in [-0.2, 0) is 16.1 Å². The van der Waals surface area contributed by atoms with Gasteiger partial charge in [-0.05, 0) is 68.1 Å². The van der Waals surface area contributed by atoms with Gasteiger partial charge in [0.05, 0.1) is 18.6 Å². The lowest BCUT2D eigenvalue weighted by molar-refractivity contribution is -0.127. The molecular weight excluding hydrogens is 390 g/mol. The fraction of sp³-hybridized carbons (Fsp3) is 0.600. The molecule has 1 aromatic heterocycles. The van der Waals surface area contributed by atoms with Crippen LogP contribution in [0, 0.1) is 23.2 Å². The lowest BCUT2D eigenvalue weighted by atomic mass is 9.75. The highest BCUT2D eigenvalue weighted by Gasteiger charge is 2.61. The normalized spacial score (nSPS) is 32.1. The van der Waals surface area contributed by atoms with Crippen LogP contribution in [0.5, 0.6) is 0 Å². The highest BCUT2D eigenvalue weighted by Crippen LogP contribution is 2.65. The summed E-state index contributed by atoms with van der Waals surface area (Å²) < 4.78 is 7.20. The minimum atomic E-state index is -0.164. The SMILES string of the molecule is O=C(Nc1cccc2c(=O)n(CCN3CCOCC3)ccc12)[C@@]12C[C@@H]3C[C@@H](C[C@@H]1C3)C2. The van der Waals surface area contributed by atoms with E-state index >= 15 is 0 Å². The summed E-state index contributed by atoms with van der Waals surface area (Å²) in [7, 11) is 0. The van der Waals surface area contributed by atoms with Crippen molar-refractivity contribution in [2.24, 2.45) is 23.2 Å². The molecule has 1 saturated heterocycles. The fourth-order valence-electron chi connectivity index (χ4n) is 7.09. The van der Waals surface area contributed by atoms with Gasteiger partial charge in [0.2, 0.25) is 5.91 Å². The Kier molecular flexibility index (Phi) is 4.69. The molecule has 0 spiro atoms. The van der Waals surface area contributed by atoms with Crippen LogP contribution < -0.4 is 10.9 Å². The third kappa shape index (κ3) is 3.23. The van der Waals surface area contributed by atoms with E-state index in [1.807, 2.05) is 30.5 Å². The number of rotatable bonds is 5. The molecular formula is C25H31N3O3. The van der Waals surface area contributed by atoms with Crippen LogP contribution in [-0.4, -0.2) is 48.2 Å². The Balaban J connectivity index is 1.23. The predicted octanol–water partition coefficient (Wildman–Crippen LogP) is 3.10. The van der Waals surface area contributed by atoms with Crippen molar-refractivity contribution in [3.63, 3.8) is 0 Å². The van der Waals surface area contributed by atoms with Crippen molar-refractivity contribution < 1.29 is 9.53 Å². The summed E-state index contributed by atoms with van der Waals surface area (Å²) in [6, 6.07) is 7.69. The van der Waals surface area contributed by atoms with Gasteiger partial charge in [0.15, 0.2) is 0 Å². The lowest BCUT2D eigenvalue weighted by Crippen LogP contribution is -2.39. The molecule has 4 bridgehead atoms. The number of pyridine rings is 1. The number of fused-ring (bicyclic) bond motifs is 1. The molecule has 2 aromatic rings. The maximum Gasteiger partial charge on any atom is 0.258 e. The van der Waals surface area contributed by atoms with E-state index in [-0.39, 0.29) is 16.9 Å². The van der Waals surface area contributed by atoms with E-state index in [0.29, 0.717) is 17.8 Å². The molecule has 31 heavy (non-hydrogen) atoms. The number of benzene rings is 1. The highest BCUT2D eigenvalue weighted by molar-refractivity contribution is 6.04. The number of aromatic nitrogens is 1. The summed E-state index contributed by atoms with van der Waals surface area (Å²) in [6.45, 7) is 4.88. The van der Waals surface area contributed by atoms with Gasteiger partial charge in [-0.3, -0.25) is 14.5 Å². The van der Waals surface area contributed by atoms with Gasteiger partial charge in [-0.2, -0.15) is 0 Å². The second-order valence-corrected chi connectivity index (χ2v) is 10.2. The monoisotopic (exact) mass is 421 g/mol. The molecule has 164 valence electrons. The Bertz CT molecular complexity index is 1060. The second kappa shape index (κ2) is 7.45. The molecule has 2 heterocycles. The fourth-order valence-corrected chi connectivity index (χ4v) is 7.09. The molecule has 5 aliphatic rings. The van der Waals surface area contributed by atoms with Crippen molar-refractivity contribution in [2.75, 3.05) is 38.2 Å². The van der Waals surface area contributed by atoms with Crippen LogP contribution in [0.25, 0.3) is 10.8 Å². The minimum absolute atomic E-state index is 0.0147. The van der Waals surface area contributed by atoms with E-state index in [9.17, 15) is 9.59 Å². The van der Waals surface area contributed by atoms with Gasteiger partial charge in [0.25, 0.3) is 5.56 Å². The first-order valence-electron chi connectivity index (χ1n) is 11.9. The molecule has 7 rings (SSSR count). The van der Waals surface area contributed by atoms with Crippen LogP contribution in [0.2, 0.25) is 0 Å². The van der Waals surface area contributed by atoms with Crippen LogP contribution in [0.4, 0.5) is 5.69 Å². The number of amides is 1. The number of hydrogen-bond donors (Lipinski definition) is 1. The van der Waals surface area contributed by atoms with E-state index in [4.69, 9.17) is 4.74 Å². The van der Waals surface area contributed by atoms with Gasteiger partial charge >= 0.3 is 0 Å². The van der Waals surface area contributed by atoms with Gasteiger partial charge in [-0.25, -0.2) is 0 Å². The molecule has 6 heteroatoms. The van der Waals surface area contributed by atoms with E-state index < -0.39 is 0 Å². The number of nitrogens with one attached hydrogen (secondary N) is 1. The molecule has 4 saturated carbocycles. The van der Waals surface area contributed by atoms with Gasteiger partial charge < -0.3 is 14.6 Å². The summed E-state index contributed by atoms with van der Waals surface area (Å²) in [5.41, 5.74) is 0.629. The average Bonchev–Trinajstić information content (AvgIpc) is 3.19. The molecule has 1 amide bonds. The number of nitrogens with zero attached hydrogens (tertiary/aromatic N) is 2. The Morgan fingerprint density at radius 2 is 1.81 bits per heavy atom. The van der Waals surface area contributed by atoms with Gasteiger partial charge in [-0.1, -0.05) is 6.07 Å². The first-order valence-corrected chi connectivity index (χ1v) is 11.9. The summed E-state index contributed by atoms with van der Waals surface area (Å²) in [4.78, 5) is 28.9. The standard InChI is InChI=1S/C25H31N3O3/c29-23-21-2-1-3-22(20(21)4-5-28(23)7-6-27-8-10-31-11-9-27)26-24(30)25-15-17-12-18(16-25)14-19(25)13-17/h1-5,17-19H,6-16H2,(H,26,30)/t17-,18+,19+,25-. The van der Waals surface area contributed by atoms with Crippen molar-refractivity contribution in [1.29, 1.82) is 0 Å².